The maximum atomic E-state index is 13.2. The minimum absolute atomic E-state index is 0.00313. The molecule has 0 fully saturated rings. The van der Waals surface area contributed by atoms with Crippen LogP contribution in [0.25, 0.3) is 0 Å². The molecule has 90 valence electrons. The normalized spacial score (nSPS) is 14.8. The Labute approximate surface area is 96.5 Å². The molecule has 0 aliphatic heterocycles. The van der Waals surface area contributed by atoms with Gasteiger partial charge in [-0.2, -0.15) is 0 Å². The first-order valence-electron chi connectivity index (χ1n) is 4.98. The van der Waals surface area contributed by atoms with Crippen molar-refractivity contribution in [3.63, 3.8) is 0 Å². The Morgan fingerprint density at radius 1 is 1.44 bits per heavy atom. The predicted octanol–water partition coefficient (Wildman–Crippen LogP) is 1.82. The van der Waals surface area contributed by atoms with Crippen molar-refractivity contribution in [3.05, 3.63) is 35.4 Å². The highest BCUT2D eigenvalue weighted by molar-refractivity contribution is 7.84. The lowest BCUT2D eigenvalue weighted by molar-refractivity contribution is 0.493. The summed E-state index contributed by atoms with van der Waals surface area (Å²) in [5.74, 6) is -1.66. The molecule has 2 atom stereocenters. The summed E-state index contributed by atoms with van der Waals surface area (Å²) in [6.07, 6.45) is 1.62. The van der Waals surface area contributed by atoms with E-state index < -0.39 is 22.4 Å². The molecule has 1 aromatic carbocycles. The van der Waals surface area contributed by atoms with Crippen LogP contribution >= 0.6 is 0 Å². The van der Waals surface area contributed by atoms with Crippen molar-refractivity contribution in [3.8, 4) is 0 Å². The molecule has 1 aromatic rings. The van der Waals surface area contributed by atoms with E-state index in [4.69, 9.17) is 0 Å². The molecule has 5 heteroatoms. The topological polar surface area (TPSA) is 29.1 Å². The van der Waals surface area contributed by atoms with E-state index in [1.165, 1.54) is 12.1 Å². The van der Waals surface area contributed by atoms with Crippen LogP contribution in [0.5, 0.6) is 0 Å². The fraction of sp³-hybridized carbons (Fsp3) is 0.455. The molecule has 2 unspecified atom stereocenters. The van der Waals surface area contributed by atoms with Gasteiger partial charge in [0.15, 0.2) is 11.6 Å². The van der Waals surface area contributed by atoms with Gasteiger partial charge in [0, 0.05) is 41.0 Å². The summed E-state index contributed by atoms with van der Waals surface area (Å²) in [6, 6.07) is 4.08. The molecule has 0 heterocycles. The van der Waals surface area contributed by atoms with Crippen LogP contribution in [0.15, 0.2) is 18.2 Å². The number of hydrogen-bond donors (Lipinski definition) is 1. The average molecular weight is 247 g/mol. The molecule has 0 saturated heterocycles. The van der Waals surface area contributed by atoms with Gasteiger partial charge in [0.2, 0.25) is 0 Å². The Hall–Kier alpha value is -0.810. The minimum atomic E-state index is -0.908. The van der Waals surface area contributed by atoms with Crippen molar-refractivity contribution in [1.29, 1.82) is 0 Å². The molecule has 0 spiro atoms. The second-order valence-corrected chi connectivity index (χ2v) is 5.45. The van der Waals surface area contributed by atoms with E-state index >= 15 is 0 Å². The van der Waals surface area contributed by atoms with Crippen LogP contribution < -0.4 is 5.32 Å². The highest BCUT2D eigenvalue weighted by Gasteiger charge is 2.09. The summed E-state index contributed by atoms with van der Waals surface area (Å²) < 4.78 is 37.1. The van der Waals surface area contributed by atoms with Crippen molar-refractivity contribution in [2.24, 2.45) is 0 Å². The van der Waals surface area contributed by atoms with Gasteiger partial charge in [0.1, 0.15) is 0 Å². The highest BCUT2D eigenvalue weighted by Crippen LogP contribution is 2.10. The molecule has 0 saturated carbocycles. The maximum Gasteiger partial charge on any atom is 0.163 e. The van der Waals surface area contributed by atoms with Crippen molar-refractivity contribution in [1.82, 2.24) is 5.32 Å². The van der Waals surface area contributed by atoms with Crippen LogP contribution in [0, 0.1) is 11.6 Å². The van der Waals surface area contributed by atoms with Crippen LogP contribution in [-0.2, 0) is 17.3 Å². The van der Waals surface area contributed by atoms with Gasteiger partial charge in [-0.3, -0.25) is 4.21 Å². The highest BCUT2D eigenvalue weighted by atomic mass is 32.2. The van der Waals surface area contributed by atoms with Crippen LogP contribution in [0.1, 0.15) is 12.5 Å². The van der Waals surface area contributed by atoms with E-state index in [1.54, 1.807) is 6.26 Å². The minimum Gasteiger partial charge on any atom is -0.311 e. The zero-order valence-electron chi connectivity index (χ0n) is 9.30. The molecule has 1 N–H and O–H groups in total. The Bertz CT molecular complexity index is 384. The third kappa shape index (κ3) is 3.64. The lowest BCUT2D eigenvalue weighted by Crippen LogP contribution is -2.27. The molecule has 0 amide bonds. The van der Waals surface area contributed by atoms with Gasteiger partial charge < -0.3 is 5.32 Å². The monoisotopic (exact) mass is 247 g/mol. The molecule has 0 radical (unpaired) electrons. The van der Waals surface area contributed by atoms with Gasteiger partial charge in [-0.05, 0) is 13.0 Å². The Balaban J connectivity index is 2.49. The van der Waals surface area contributed by atoms with Crippen LogP contribution in [0.2, 0.25) is 0 Å². The number of benzene rings is 1. The maximum absolute atomic E-state index is 13.2. The first-order valence-corrected chi connectivity index (χ1v) is 6.60. The number of halogens is 2. The molecular weight excluding hydrogens is 232 g/mol. The largest absolute Gasteiger partial charge is 0.311 e. The van der Waals surface area contributed by atoms with Gasteiger partial charge in [-0.1, -0.05) is 12.1 Å². The van der Waals surface area contributed by atoms with Crippen LogP contribution in [0.4, 0.5) is 8.78 Å². The fourth-order valence-corrected chi connectivity index (χ4v) is 1.56. The second-order valence-electron chi connectivity index (χ2n) is 3.65. The van der Waals surface area contributed by atoms with E-state index in [9.17, 15) is 13.0 Å². The number of hydrogen-bond acceptors (Lipinski definition) is 2. The lowest BCUT2D eigenvalue weighted by atomic mass is 10.2. The third-order valence-electron chi connectivity index (χ3n) is 2.35. The van der Waals surface area contributed by atoms with E-state index in [-0.39, 0.29) is 17.4 Å². The van der Waals surface area contributed by atoms with Gasteiger partial charge in [0.25, 0.3) is 0 Å². The van der Waals surface area contributed by atoms with Crippen LogP contribution in [-0.4, -0.2) is 22.3 Å². The summed E-state index contributed by atoms with van der Waals surface area (Å²) in [4.78, 5) is 0. The first kappa shape index (κ1) is 13.3. The quantitative estimate of drug-likeness (QED) is 0.860. The van der Waals surface area contributed by atoms with Crippen molar-refractivity contribution in [2.45, 2.75) is 18.7 Å². The lowest BCUT2D eigenvalue weighted by Gasteiger charge is -2.10. The molecule has 0 aliphatic carbocycles. The molecular formula is C11H15F2NOS. The third-order valence-corrected chi connectivity index (χ3v) is 3.65. The zero-order chi connectivity index (χ0) is 12.1. The summed E-state index contributed by atoms with van der Waals surface area (Å²) >= 11 is 0. The number of rotatable bonds is 5. The standard InChI is InChI=1S/C11H15F2NOS/c1-8(16(2)15)6-14-7-9-4-3-5-10(12)11(9)13/h3-5,8,14H,6-7H2,1-2H3. The Morgan fingerprint density at radius 2 is 2.12 bits per heavy atom. The SMILES string of the molecule is CC(CNCc1cccc(F)c1F)S(C)=O. The summed E-state index contributed by atoms with van der Waals surface area (Å²) in [7, 11) is -0.908. The van der Waals surface area contributed by atoms with Gasteiger partial charge in [-0.15, -0.1) is 0 Å². The number of nitrogens with one attached hydrogen (secondary N) is 1. The van der Waals surface area contributed by atoms with E-state index in [0.717, 1.165) is 6.07 Å². The smallest absolute Gasteiger partial charge is 0.163 e. The molecule has 16 heavy (non-hydrogen) atoms. The summed E-state index contributed by atoms with van der Waals surface area (Å²) in [5, 5.41) is 2.95. The Kier molecular flexibility index (Phi) is 5.02. The van der Waals surface area contributed by atoms with E-state index in [2.05, 4.69) is 5.32 Å². The molecule has 2 nitrogen and oxygen atoms in total. The van der Waals surface area contributed by atoms with Gasteiger partial charge >= 0.3 is 0 Å². The summed E-state index contributed by atoms with van der Waals surface area (Å²) in [5.41, 5.74) is 0.286. The Morgan fingerprint density at radius 3 is 2.75 bits per heavy atom. The average Bonchev–Trinajstić information content (AvgIpc) is 2.24. The fourth-order valence-electron chi connectivity index (χ4n) is 1.21. The molecule has 0 aliphatic rings. The van der Waals surface area contributed by atoms with Crippen molar-refractivity contribution >= 4 is 10.8 Å². The zero-order valence-corrected chi connectivity index (χ0v) is 10.1. The predicted molar refractivity (Wildman–Crippen MR) is 61.6 cm³/mol. The van der Waals surface area contributed by atoms with Crippen LogP contribution in [0.3, 0.4) is 0 Å². The molecule has 0 bridgehead atoms. The summed E-state index contributed by atoms with van der Waals surface area (Å²) in [6.45, 7) is 2.59. The molecule has 1 rings (SSSR count). The van der Waals surface area contributed by atoms with E-state index in [0.29, 0.717) is 6.54 Å². The first-order chi connectivity index (χ1) is 7.52. The van der Waals surface area contributed by atoms with Gasteiger partial charge in [-0.25, -0.2) is 8.78 Å². The van der Waals surface area contributed by atoms with Crippen molar-refractivity contribution < 1.29 is 13.0 Å². The van der Waals surface area contributed by atoms with Gasteiger partial charge in [0.05, 0.1) is 0 Å². The second kappa shape index (κ2) is 6.06. The van der Waals surface area contributed by atoms with Crippen molar-refractivity contribution in [2.75, 3.05) is 12.8 Å². The van der Waals surface area contributed by atoms with E-state index in [1.807, 2.05) is 6.92 Å². The molecule has 0 aromatic heterocycles.